The number of ether oxygens (including phenoxy) is 2. The summed E-state index contributed by atoms with van der Waals surface area (Å²) in [6, 6.07) is 14.8. The lowest BCUT2D eigenvalue weighted by Crippen LogP contribution is -2.40. The fraction of sp³-hybridized carbons (Fsp3) is 0.188. The highest BCUT2D eigenvalue weighted by molar-refractivity contribution is 9.10. The van der Waals surface area contributed by atoms with Crippen LogP contribution in [0.2, 0.25) is 0 Å². The van der Waals surface area contributed by atoms with E-state index in [-0.39, 0.29) is 12.0 Å². The highest BCUT2D eigenvalue weighted by Gasteiger charge is 2.21. The number of amides is 1. The fourth-order valence-corrected chi connectivity index (χ4v) is 2.58. The molecular formula is C16H14BrNO3. The Hall–Kier alpha value is -2.01. The van der Waals surface area contributed by atoms with Gasteiger partial charge in [0.25, 0.3) is 5.91 Å². The Balaban J connectivity index is 1.59. The van der Waals surface area contributed by atoms with Gasteiger partial charge in [0.1, 0.15) is 12.7 Å². The molecule has 5 heteroatoms. The van der Waals surface area contributed by atoms with Crippen LogP contribution in [0.1, 0.15) is 10.4 Å². The monoisotopic (exact) mass is 347 g/mol. The minimum absolute atomic E-state index is 0.134. The molecule has 1 unspecified atom stereocenters. The molecule has 2 aromatic rings. The average Bonchev–Trinajstić information content (AvgIpc) is 2.53. The number of carbonyl (C=O) groups excluding carboxylic acids is 1. The summed E-state index contributed by atoms with van der Waals surface area (Å²) in [5.74, 6) is 1.32. The van der Waals surface area contributed by atoms with Crippen molar-refractivity contribution in [3.8, 4) is 11.5 Å². The molecular weight excluding hydrogens is 334 g/mol. The molecule has 0 aliphatic carbocycles. The van der Waals surface area contributed by atoms with Gasteiger partial charge in [-0.05, 0) is 40.2 Å². The van der Waals surface area contributed by atoms with Crippen LogP contribution < -0.4 is 14.8 Å². The van der Waals surface area contributed by atoms with Crippen molar-refractivity contribution in [2.45, 2.75) is 6.10 Å². The lowest BCUT2D eigenvalue weighted by molar-refractivity contribution is 0.0789. The van der Waals surface area contributed by atoms with Crippen molar-refractivity contribution in [2.24, 2.45) is 0 Å². The standard InChI is InChI=1S/C16H14BrNO3/c17-13-6-2-1-5-12(13)16(19)18-9-11-10-20-14-7-3-4-8-15(14)21-11/h1-8,11H,9-10H2,(H,18,19). The van der Waals surface area contributed by atoms with Crippen LogP contribution in [0.15, 0.2) is 53.0 Å². The second-order valence-electron chi connectivity index (χ2n) is 4.69. The maximum atomic E-state index is 12.1. The predicted octanol–water partition coefficient (Wildman–Crippen LogP) is 3.02. The molecule has 1 atom stereocenters. The van der Waals surface area contributed by atoms with Gasteiger partial charge in [-0.15, -0.1) is 0 Å². The molecule has 1 heterocycles. The van der Waals surface area contributed by atoms with Crippen LogP contribution in [0.4, 0.5) is 0 Å². The summed E-state index contributed by atoms with van der Waals surface area (Å²) in [6.07, 6.45) is -0.189. The van der Waals surface area contributed by atoms with Gasteiger partial charge in [0, 0.05) is 4.47 Å². The van der Waals surface area contributed by atoms with E-state index < -0.39 is 0 Å². The predicted molar refractivity (Wildman–Crippen MR) is 82.8 cm³/mol. The van der Waals surface area contributed by atoms with Crippen LogP contribution in [-0.2, 0) is 0 Å². The van der Waals surface area contributed by atoms with E-state index >= 15 is 0 Å². The van der Waals surface area contributed by atoms with Crippen molar-refractivity contribution in [1.29, 1.82) is 0 Å². The third kappa shape index (κ3) is 3.19. The van der Waals surface area contributed by atoms with Crippen molar-refractivity contribution in [1.82, 2.24) is 5.32 Å². The minimum atomic E-state index is -0.189. The number of carbonyl (C=O) groups is 1. The van der Waals surface area contributed by atoms with E-state index in [4.69, 9.17) is 9.47 Å². The van der Waals surface area contributed by atoms with Gasteiger partial charge < -0.3 is 14.8 Å². The van der Waals surface area contributed by atoms with Crippen molar-refractivity contribution in [2.75, 3.05) is 13.2 Å². The number of rotatable bonds is 3. The number of benzene rings is 2. The highest BCUT2D eigenvalue weighted by Crippen LogP contribution is 2.30. The molecule has 1 amide bonds. The molecule has 1 aliphatic rings. The Morgan fingerprint density at radius 2 is 1.86 bits per heavy atom. The third-order valence-electron chi connectivity index (χ3n) is 3.18. The summed E-state index contributed by atoms with van der Waals surface area (Å²) in [7, 11) is 0. The number of fused-ring (bicyclic) bond motifs is 1. The first-order valence-electron chi connectivity index (χ1n) is 6.65. The molecule has 0 saturated heterocycles. The summed E-state index contributed by atoms with van der Waals surface area (Å²) in [5, 5.41) is 2.87. The number of hydrogen-bond donors (Lipinski definition) is 1. The van der Waals surface area contributed by atoms with Crippen molar-refractivity contribution in [3.63, 3.8) is 0 Å². The van der Waals surface area contributed by atoms with Gasteiger partial charge in [-0.3, -0.25) is 4.79 Å². The zero-order chi connectivity index (χ0) is 14.7. The summed E-state index contributed by atoms with van der Waals surface area (Å²) < 4.78 is 12.2. The molecule has 0 saturated carbocycles. The largest absolute Gasteiger partial charge is 0.486 e. The van der Waals surface area contributed by atoms with Crippen LogP contribution in [0, 0.1) is 0 Å². The molecule has 1 N–H and O–H groups in total. The molecule has 1 aliphatic heterocycles. The van der Waals surface area contributed by atoms with Crippen molar-refractivity contribution >= 4 is 21.8 Å². The van der Waals surface area contributed by atoms with Crippen molar-refractivity contribution in [3.05, 3.63) is 58.6 Å². The topological polar surface area (TPSA) is 47.6 Å². The van der Waals surface area contributed by atoms with E-state index in [0.717, 1.165) is 10.2 Å². The molecule has 2 aromatic carbocycles. The molecule has 108 valence electrons. The average molecular weight is 348 g/mol. The molecule has 4 nitrogen and oxygen atoms in total. The molecule has 0 bridgehead atoms. The van der Waals surface area contributed by atoms with Gasteiger partial charge in [0.2, 0.25) is 0 Å². The van der Waals surface area contributed by atoms with Crippen molar-refractivity contribution < 1.29 is 14.3 Å². The quantitative estimate of drug-likeness (QED) is 0.928. The van der Waals surface area contributed by atoms with E-state index in [1.807, 2.05) is 42.5 Å². The Morgan fingerprint density at radius 3 is 2.67 bits per heavy atom. The fourth-order valence-electron chi connectivity index (χ4n) is 2.11. The molecule has 0 radical (unpaired) electrons. The molecule has 3 rings (SSSR count). The van der Waals surface area contributed by atoms with E-state index in [1.165, 1.54) is 0 Å². The first kappa shape index (κ1) is 13.9. The zero-order valence-electron chi connectivity index (χ0n) is 11.2. The van der Waals surface area contributed by atoms with Crippen LogP contribution in [0.3, 0.4) is 0 Å². The maximum Gasteiger partial charge on any atom is 0.252 e. The summed E-state index contributed by atoms with van der Waals surface area (Å²) in [5.41, 5.74) is 0.606. The first-order chi connectivity index (χ1) is 10.2. The van der Waals surface area contributed by atoms with E-state index in [9.17, 15) is 4.79 Å². The number of halogens is 1. The zero-order valence-corrected chi connectivity index (χ0v) is 12.8. The van der Waals surface area contributed by atoms with Crippen LogP contribution in [0.5, 0.6) is 11.5 Å². The Labute approximate surface area is 131 Å². The van der Waals surface area contributed by atoms with Gasteiger partial charge in [0.05, 0.1) is 12.1 Å². The maximum absolute atomic E-state index is 12.1. The normalized spacial score (nSPS) is 16.3. The van der Waals surface area contributed by atoms with Gasteiger partial charge in [-0.25, -0.2) is 0 Å². The van der Waals surface area contributed by atoms with Gasteiger partial charge >= 0.3 is 0 Å². The Kier molecular flexibility index (Phi) is 4.10. The van der Waals surface area contributed by atoms with Gasteiger partial charge in [-0.1, -0.05) is 24.3 Å². The third-order valence-corrected chi connectivity index (χ3v) is 3.87. The van der Waals surface area contributed by atoms with Crippen LogP contribution in [0.25, 0.3) is 0 Å². The Bertz CT molecular complexity index is 659. The molecule has 21 heavy (non-hydrogen) atoms. The lowest BCUT2D eigenvalue weighted by Gasteiger charge is -2.26. The first-order valence-corrected chi connectivity index (χ1v) is 7.44. The Morgan fingerprint density at radius 1 is 1.14 bits per heavy atom. The summed E-state index contributed by atoms with van der Waals surface area (Å²) >= 11 is 3.37. The number of hydrogen-bond acceptors (Lipinski definition) is 3. The van der Waals surface area contributed by atoms with E-state index in [0.29, 0.717) is 24.5 Å². The van der Waals surface area contributed by atoms with Gasteiger partial charge in [-0.2, -0.15) is 0 Å². The second kappa shape index (κ2) is 6.18. The molecule has 0 spiro atoms. The molecule has 0 aromatic heterocycles. The number of nitrogens with one attached hydrogen (secondary N) is 1. The highest BCUT2D eigenvalue weighted by atomic mass is 79.9. The van der Waals surface area contributed by atoms with E-state index in [1.54, 1.807) is 6.07 Å². The van der Waals surface area contributed by atoms with E-state index in [2.05, 4.69) is 21.2 Å². The summed E-state index contributed by atoms with van der Waals surface area (Å²) in [6.45, 7) is 0.821. The number of para-hydroxylation sites is 2. The lowest BCUT2D eigenvalue weighted by atomic mass is 10.2. The minimum Gasteiger partial charge on any atom is -0.486 e. The molecule has 0 fully saturated rings. The SMILES string of the molecule is O=C(NCC1COc2ccccc2O1)c1ccccc1Br. The van der Waals surface area contributed by atoms with Gasteiger partial charge in [0.15, 0.2) is 11.5 Å². The van der Waals surface area contributed by atoms with Crippen LogP contribution in [-0.4, -0.2) is 25.2 Å². The van der Waals surface area contributed by atoms with Crippen LogP contribution >= 0.6 is 15.9 Å². The smallest absolute Gasteiger partial charge is 0.252 e. The second-order valence-corrected chi connectivity index (χ2v) is 5.54. The summed E-state index contributed by atoms with van der Waals surface area (Å²) in [4.78, 5) is 12.1.